The van der Waals surface area contributed by atoms with Gasteiger partial charge in [-0.05, 0) is 38.1 Å². The van der Waals surface area contributed by atoms with Crippen LogP contribution in [0, 0.1) is 0 Å². The summed E-state index contributed by atoms with van der Waals surface area (Å²) in [6, 6.07) is 8.15. The van der Waals surface area contributed by atoms with Crippen molar-refractivity contribution >= 4 is 21.6 Å². The monoisotopic (exact) mass is 290 g/mol. The topological polar surface area (TPSA) is 43.4 Å². The Bertz CT molecular complexity index is 574. The van der Waals surface area contributed by atoms with Crippen molar-refractivity contribution < 1.29 is 9.47 Å². The highest BCUT2D eigenvalue weighted by Crippen LogP contribution is 2.37. The van der Waals surface area contributed by atoms with E-state index in [2.05, 4.69) is 16.4 Å². The Hall–Kier alpha value is -1.17. The Morgan fingerprint density at radius 1 is 1.30 bits per heavy atom. The summed E-state index contributed by atoms with van der Waals surface area (Å²) in [5.41, 5.74) is 1.06. The van der Waals surface area contributed by atoms with Gasteiger partial charge in [0.1, 0.15) is 6.10 Å². The lowest BCUT2D eigenvalue weighted by Gasteiger charge is -2.32. The Morgan fingerprint density at radius 2 is 2.15 bits per heavy atom. The van der Waals surface area contributed by atoms with E-state index in [1.54, 1.807) is 11.3 Å². The minimum absolute atomic E-state index is 0.0482. The second-order valence-corrected chi connectivity index (χ2v) is 6.63. The van der Waals surface area contributed by atoms with Gasteiger partial charge in [-0.2, -0.15) is 0 Å². The fourth-order valence-corrected chi connectivity index (χ4v) is 4.03. The van der Waals surface area contributed by atoms with Gasteiger partial charge in [0.15, 0.2) is 0 Å². The van der Waals surface area contributed by atoms with E-state index in [4.69, 9.17) is 9.47 Å². The molecule has 0 radical (unpaired) electrons. The lowest BCUT2D eigenvalue weighted by Crippen LogP contribution is -2.41. The van der Waals surface area contributed by atoms with Crippen LogP contribution in [0.3, 0.4) is 0 Å². The molecule has 3 heterocycles. The van der Waals surface area contributed by atoms with Crippen molar-refractivity contribution in [3.05, 3.63) is 24.3 Å². The molecule has 1 aromatic heterocycles. The van der Waals surface area contributed by atoms with Gasteiger partial charge in [-0.15, -0.1) is 0 Å². The van der Waals surface area contributed by atoms with Gasteiger partial charge in [-0.1, -0.05) is 23.5 Å². The lowest BCUT2D eigenvalue weighted by atomic mass is 9.89. The first-order valence-electron chi connectivity index (χ1n) is 7.20. The average molecular weight is 290 g/mol. The van der Waals surface area contributed by atoms with Gasteiger partial charge in [-0.3, -0.25) is 0 Å². The van der Waals surface area contributed by atoms with Crippen molar-refractivity contribution in [3.8, 4) is 5.19 Å². The number of para-hydroxylation sites is 1. The molecule has 2 aliphatic heterocycles. The standard InChI is InChI=1S/C15H18N2O2S/c1-2-4-13-12(3-1)17-14(20-13)19-11-9-15(18-10-11)5-7-16-8-6-15/h1-4,11,16H,5-10H2. The van der Waals surface area contributed by atoms with E-state index in [0.717, 1.165) is 43.1 Å². The summed E-state index contributed by atoms with van der Waals surface area (Å²) in [6.07, 6.45) is 3.32. The highest BCUT2D eigenvalue weighted by atomic mass is 32.1. The summed E-state index contributed by atoms with van der Waals surface area (Å²) < 4.78 is 13.3. The van der Waals surface area contributed by atoms with Crippen LogP contribution in [0.4, 0.5) is 0 Å². The Balaban J connectivity index is 1.47. The highest BCUT2D eigenvalue weighted by Gasteiger charge is 2.42. The molecule has 106 valence electrons. The summed E-state index contributed by atoms with van der Waals surface area (Å²) in [5.74, 6) is 0. The molecule has 20 heavy (non-hydrogen) atoms. The number of hydrogen-bond acceptors (Lipinski definition) is 5. The molecular weight excluding hydrogens is 272 g/mol. The molecule has 2 fully saturated rings. The van der Waals surface area contributed by atoms with Crippen LogP contribution in [0.1, 0.15) is 19.3 Å². The number of piperidine rings is 1. The van der Waals surface area contributed by atoms with Crippen molar-refractivity contribution in [2.24, 2.45) is 0 Å². The second-order valence-electron chi connectivity index (χ2n) is 5.64. The summed E-state index contributed by atoms with van der Waals surface area (Å²) >= 11 is 1.62. The number of ether oxygens (including phenoxy) is 2. The number of fused-ring (bicyclic) bond motifs is 1. The molecule has 1 unspecified atom stereocenters. The molecule has 0 aliphatic carbocycles. The number of nitrogens with one attached hydrogen (secondary N) is 1. The minimum Gasteiger partial charge on any atom is -0.464 e. The van der Waals surface area contributed by atoms with E-state index in [1.807, 2.05) is 18.2 Å². The molecule has 2 saturated heterocycles. The second kappa shape index (κ2) is 4.98. The smallest absolute Gasteiger partial charge is 0.274 e. The third kappa shape index (κ3) is 2.30. The number of nitrogens with zero attached hydrogens (tertiary/aromatic N) is 1. The van der Waals surface area contributed by atoms with Gasteiger partial charge >= 0.3 is 0 Å². The molecule has 5 heteroatoms. The van der Waals surface area contributed by atoms with E-state index in [9.17, 15) is 0 Å². The first-order valence-corrected chi connectivity index (χ1v) is 8.02. The molecule has 4 nitrogen and oxygen atoms in total. The van der Waals surface area contributed by atoms with E-state index in [1.165, 1.54) is 4.70 Å². The molecule has 0 bridgehead atoms. The zero-order valence-corrected chi connectivity index (χ0v) is 12.1. The van der Waals surface area contributed by atoms with Crippen LogP contribution in [-0.4, -0.2) is 36.4 Å². The van der Waals surface area contributed by atoms with Crippen LogP contribution >= 0.6 is 11.3 Å². The largest absolute Gasteiger partial charge is 0.464 e. The first kappa shape index (κ1) is 12.6. The fraction of sp³-hybridized carbons (Fsp3) is 0.533. The summed E-state index contributed by atoms with van der Waals surface area (Å²) in [7, 11) is 0. The van der Waals surface area contributed by atoms with Gasteiger partial charge in [0.25, 0.3) is 5.19 Å². The Kier molecular flexibility index (Phi) is 3.13. The Labute approximate surface area is 122 Å². The number of hydrogen-bond donors (Lipinski definition) is 1. The quantitative estimate of drug-likeness (QED) is 0.923. The van der Waals surface area contributed by atoms with Crippen LogP contribution in [0.25, 0.3) is 10.2 Å². The van der Waals surface area contributed by atoms with Crippen LogP contribution in [0.5, 0.6) is 5.19 Å². The molecule has 2 aromatic rings. The summed E-state index contributed by atoms with van der Waals surface area (Å²) in [5, 5.41) is 4.16. The van der Waals surface area contributed by atoms with Crippen LogP contribution in [-0.2, 0) is 4.74 Å². The molecule has 1 atom stereocenters. The molecule has 0 amide bonds. The molecule has 1 aromatic carbocycles. The van der Waals surface area contributed by atoms with Crippen molar-refractivity contribution in [2.45, 2.75) is 31.0 Å². The lowest BCUT2D eigenvalue weighted by molar-refractivity contribution is -0.0205. The first-order chi connectivity index (χ1) is 9.83. The van der Waals surface area contributed by atoms with Gasteiger partial charge in [0.05, 0.1) is 22.4 Å². The maximum Gasteiger partial charge on any atom is 0.274 e. The van der Waals surface area contributed by atoms with E-state index >= 15 is 0 Å². The number of benzene rings is 1. The molecule has 0 saturated carbocycles. The normalized spacial score (nSPS) is 25.3. The fourth-order valence-electron chi connectivity index (χ4n) is 3.15. The zero-order valence-electron chi connectivity index (χ0n) is 11.3. The van der Waals surface area contributed by atoms with Crippen molar-refractivity contribution in [2.75, 3.05) is 19.7 Å². The van der Waals surface area contributed by atoms with E-state index < -0.39 is 0 Å². The number of thiazole rings is 1. The van der Waals surface area contributed by atoms with Crippen molar-refractivity contribution in [3.63, 3.8) is 0 Å². The van der Waals surface area contributed by atoms with E-state index in [-0.39, 0.29) is 11.7 Å². The van der Waals surface area contributed by atoms with E-state index in [0.29, 0.717) is 6.61 Å². The average Bonchev–Trinajstić information content (AvgIpc) is 3.04. The minimum atomic E-state index is 0.0482. The van der Waals surface area contributed by atoms with Gasteiger partial charge < -0.3 is 14.8 Å². The van der Waals surface area contributed by atoms with Gasteiger partial charge in [0, 0.05) is 6.42 Å². The highest BCUT2D eigenvalue weighted by molar-refractivity contribution is 7.20. The predicted octanol–water partition coefficient (Wildman–Crippen LogP) is 2.59. The maximum absolute atomic E-state index is 6.05. The van der Waals surface area contributed by atoms with Gasteiger partial charge in [-0.25, -0.2) is 4.98 Å². The summed E-state index contributed by atoms with van der Waals surface area (Å²) in [4.78, 5) is 4.54. The predicted molar refractivity (Wildman–Crippen MR) is 79.4 cm³/mol. The maximum atomic E-state index is 6.05. The molecule has 1 spiro atoms. The Morgan fingerprint density at radius 3 is 3.00 bits per heavy atom. The van der Waals surface area contributed by atoms with Crippen LogP contribution in [0.2, 0.25) is 0 Å². The zero-order chi connectivity index (χ0) is 13.4. The molecule has 1 N–H and O–H groups in total. The van der Waals surface area contributed by atoms with Crippen LogP contribution in [0.15, 0.2) is 24.3 Å². The molecule has 4 rings (SSSR count). The third-order valence-corrected chi connectivity index (χ3v) is 5.16. The van der Waals surface area contributed by atoms with Crippen LogP contribution < -0.4 is 10.1 Å². The molecule has 2 aliphatic rings. The molecular formula is C15H18N2O2S. The van der Waals surface area contributed by atoms with Crippen molar-refractivity contribution in [1.82, 2.24) is 10.3 Å². The van der Waals surface area contributed by atoms with Gasteiger partial charge in [0.2, 0.25) is 0 Å². The van der Waals surface area contributed by atoms with Crippen molar-refractivity contribution in [1.29, 1.82) is 0 Å². The third-order valence-electron chi connectivity index (χ3n) is 4.23. The SMILES string of the molecule is c1ccc2sc(OC3COC4(CCNCC4)C3)nc2c1. The number of rotatable bonds is 2. The summed E-state index contributed by atoms with van der Waals surface area (Å²) in [6.45, 7) is 2.79. The number of aromatic nitrogens is 1.